The minimum absolute atomic E-state index is 0.0337. The topological polar surface area (TPSA) is 51.5 Å². The van der Waals surface area contributed by atoms with E-state index in [1.807, 2.05) is 45.9 Å². The van der Waals surface area contributed by atoms with Crippen LogP contribution in [0.15, 0.2) is 53.5 Å². The van der Waals surface area contributed by atoms with Crippen molar-refractivity contribution in [1.82, 2.24) is 4.57 Å². The number of hydrogen-bond donors (Lipinski definition) is 0. The summed E-state index contributed by atoms with van der Waals surface area (Å²) in [5.41, 5.74) is 1.16. The van der Waals surface area contributed by atoms with E-state index in [4.69, 9.17) is 4.74 Å². The van der Waals surface area contributed by atoms with Crippen molar-refractivity contribution in [3.8, 4) is 17.2 Å². The van der Waals surface area contributed by atoms with Crippen molar-refractivity contribution in [2.45, 2.75) is 20.3 Å². The van der Waals surface area contributed by atoms with E-state index >= 15 is 4.39 Å². The lowest BCUT2D eigenvalue weighted by atomic mass is 10.0. The van der Waals surface area contributed by atoms with Gasteiger partial charge in [-0.15, -0.1) is 0 Å². The highest BCUT2D eigenvalue weighted by Gasteiger charge is 2.32. The van der Waals surface area contributed by atoms with Crippen LogP contribution >= 0.6 is 0 Å². The molecule has 160 valence electrons. The Morgan fingerprint density at radius 2 is 1.91 bits per heavy atom. The Hall–Kier alpha value is -3.67. The second-order valence-corrected chi connectivity index (χ2v) is 8.84. The molecule has 6 rings (SSSR count). The summed E-state index contributed by atoms with van der Waals surface area (Å²) in [7, 11) is 0. The highest BCUT2D eigenvalue weighted by molar-refractivity contribution is 6.02. The molecule has 0 aliphatic carbocycles. The number of aromatic nitrogens is 1. The molecule has 0 radical (unpaired) electrons. The predicted molar refractivity (Wildman–Crippen MR) is 123 cm³/mol. The van der Waals surface area contributed by atoms with Gasteiger partial charge in [0.1, 0.15) is 11.2 Å². The summed E-state index contributed by atoms with van der Waals surface area (Å²) in [6.45, 7) is 4.94. The molecule has 4 aromatic rings. The molecule has 2 aliphatic heterocycles. The Morgan fingerprint density at radius 1 is 1.16 bits per heavy atom. The van der Waals surface area contributed by atoms with Crippen LogP contribution in [0.25, 0.3) is 27.4 Å². The zero-order valence-electron chi connectivity index (χ0n) is 17.8. The molecule has 3 aromatic carbocycles. The van der Waals surface area contributed by atoms with Crippen LogP contribution in [0.3, 0.4) is 0 Å². The number of anilines is 1. The van der Waals surface area contributed by atoms with E-state index in [9.17, 15) is 9.59 Å². The highest BCUT2D eigenvalue weighted by Crippen LogP contribution is 2.48. The van der Waals surface area contributed by atoms with Crippen LogP contribution in [0, 0.1) is 11.7 Å². The van der Waals surface area contributed by atoms with E-state index in [0.717, 1.165) is 36.0 Å². The first-order valence-corrected chi connectivity index (χ1v) is 10.8. The third-order valence-corrected chi connectivity index (χ3v) is 6.59. The molecule has 6 heteroatoms. The molecule has 1 saturated heterocycles. The number of carbonyl (C=O) groups excluding carboxylic acids is 1. The van der Waals surface area contributed by atoms with Crippen LogP contribution in [0.5, 0.6) is 11.5 Å². The van der Waals surface area contributed by atoms with Gasteiger partial charge in [0.25, 0.3) is 0 Å². The number of pyridine rings is 1. The second-order valence-electron chi connectivity index (χ2n) is 8.84. The van der Waals surface area contributed by atoms with Gasteiger partial charge in [-0.1, -0.05) is 31.2 Å². The van der Waals surface area contributed by atoms with Crippen molar-refractivity contribution in [2.75, 3.05) is 18.0 Å². The van der Waals surface area contributed by atoms with Gasteiger partial charge >= 0.3 is 0 Å². The fourth-order valence-corrected chi connectivity index (χ4v) is 4.97. The van der Waals surface area contributed by atoms with E-state index in [0.29, 0.717) is 28.6 Å². The first-order valence-electron chi connectivity index (χ1n) is 10.8. The number of carbonyl (C=O) groups is 1. The molecular formula is C26H21FN2O3. The highest BCUT2D eigenvalue weighted by atomic mass is 19.1. The molecule has 0 spiro atoms. The Balaban J connectivity index is 1.75. The maximum Gasteiger partial charge on any atom is 0.200 e. The molecule has 3 heterocycles. The monoisotopic (exact) mass is 428 g/mol. The fourth-order valence-electron chi connectivity index (χ4n) is 4.97. The van der Waals surface area contributed by atoms with Crippen LogP contribution in [0.2, 0.25) is 0 Å². The third-order valence-electron chi connectivity index (χ3n) is 6.59. The van der Waals surface area contributed by atoms with Gasteiger partial charge in [0, 0.05) is 19.3 Å². The summed E-state index contributed by atoms with van der Waals surface area (Å²) in [5, 5.41) is 2.15. The molecule has 32 heavy (non-hydrogen) atoms. The maximum atomic E-state index is 15.5. The van der Waals surface area contributed by atoms with E-state index in [1.54, 1.807) is 6.20 Å². The number of hydrogen-bond acceptors (Lipinski definition) is 4. The Kier molecular flexibility index (Phi) is 3.97. The van der Waals surface area contributed by atoms with Crippen molar-refractivity contribution < 1.29 is 13.9 Å². The third kappa shape index (κ3) is 2.62. The lowest BCUT2D eigenvalue weighted by Crippen LogP contribution is -2.24. The van der Waals surface area contributed by atoms with Gasteiger partial charge in [0.2, 0.25) is 0 Å². The second kappa shape index (κ2) is 6.66. The average molecular weight is 428 g/mol. The molecular weight excluding hydrogens is 407 g/mol. The first-order chi connectivity index (χ1) is 15.4. The molecule has 0 N–H and O–H groups in total. The largest absolute Gasteiger partial charge is 0.451 e. The van der Waals surface area contributed by atoms with Gasteiger partial charge in [-0.3, -0.25) is 9.59 Å². The number of ether oxygens (including phenoxy) is 1. The molecule has 0 bridgehead atoms. The van der Waals surface area contributed by atoms with Gasteiger partial charge in [0.05, 0.1) is 16.6 Å². The number of Topliss-reactive ketones (excluding diaryl/α,β-unsaturated/α-hetero) is 1. The Morgan fingerprint density at radius 3 is 2.59 bits per heavy atom. The summed E-state index contributed by atoms with van der Waals surface area (Å²) in [4.78, 5) is 27.4. The van der Waals surface area contributed by atoms with Crippen LogP contribution in [-0.4, -0.2) is 23.4 Å². The number of fused-ring (bicyclic) bond motifs is 3. The van der Waals surface area contributed by atoms with Crippen LogP contribution < -0.4 is 15.1 Å². The van der Waals surface area contributed by atoms with E-state index in [2.05, 4.69) is 6.92 Å². The van der Waals surface area contributed by atoms with Crippen molar-refractivity contribution in [3.63, 3.8) is 0 Å². The number of benzene rings is 3. The maximum absolute atomic E-state index is 15.5. The van der Waals surface area contributed by atoms with E-state index in [-0.39, 0.29) is 16.7 Å². The number of halogens is 1. The predicted octanol–water partition coefficient (Wildman–Crippen LogP) is 5.44. The lowest BCUT2D eigenvalue weighted by molar-refractivity contribution is 0.101. The average Bonchev–Trinajstić information content (AvgIpc) is 3.19. The smallest absolute Gasteiger partial charge is 0.200 e. The SMILES string of the molecule is CC(=O)c1cn2c3c(c(N4CCC(C)C4)c(F)cc3c1=O)Oc1cc3ccccc3cc1-2. The summed E-state index contributed by atoms with van der Waals surface area (Å²) in [6.07, 6.45) is 2.54. The van der Waals surface area contributed by atoms with Gasteiger partial charge in [-0.05, 0) is 48.2 Å². The fraction of sp³-hybridized carbons (Fsp3) is 0.231. The Bertz CT molecular complexity index is 1520. The number of rotatable bonds is 2. The van der Waals surface area contributed by atoms with Crippen molar-refractivity contribution >= 4 is 33.1 Å². The van der Waals surface area contributed by atoms with Crippen LogP contribution in [0.1, 0.15) is 30.6 Å². The summed E-state index contributed by atoms with van der Waals surface area (Å²) in [6, 6.07) is 13.1. The summed E-state index contributed by atoms with van der Waals surface area (Å²) in [5.74, 6) is 0.488. The molecule has 0 amide bonds. The molecule has 1 fully saturated rings. The first kappa shape index (κ1) is 19.0. The molecule has 0 saturated carbocycles. The van der Waals surface area contributed by atoms with Crippen LogP contribution in [-0.2, 0) is 0 Å². The standard InChI is InChI=1S/C26H21FN2O3/c1-14-7-8-28(12-14)24-20(27)11-18-23-26(24)32-22-10-17-6-4-3-5-16(17)9-21(22)29(23)13-19(15(2)30)25(18)31/h3-6,9-11,13-14H,7-8,12H2,1-2H3. The van der Waals surface area contributed by atoms with Gasteiger partial charge < -0.3 is 14.2 Å². The molecule has 2 aliphatic rings. The van der Waals surface area contributed by atoms with E-state index in [1.165, 1.54) is 13.0 Å². The lowest BCUT2D eigenvalue weighted by Gasteiger charge is -2.29. The normalized spacial score (nSPS) is 17.0. The summed E-state index contributed by atoms with van der Waals surface area (Å²) >= 11 is 0. The van der Waals surface area contributed by atoms with E-state index < -0.39 is 11.2 Å². The number of ketones is 1. The van der Waals surface area contributed by atoms with Gasteiger partial charge in [0.15, 0.2) is 28.5 Å². The van der Waals surface area contributed by atoms with Gasteiger partial charge in [-0.2, -0.15) is 0 Å². The molecule has 5 nitrogen and oxygen atoms in total. The quantitative estimate of drug-likeness (QED) is 0.352. The molecule has 1 aromatic heterocycles. The number of nitrogens with zero attached hydrogens (tertiary/aromatic N) is 2. The minimum atomic E-state index is -0.504. The Labute approximate surface area is 183 Å². The molecule has 1 atom stereocenters. The van der Waals surface area contributed by atoms with Gasteiger partial charge in [-0.25, -0.2) is 4.39 Å². The zero-order valence-corrected chi connectivity index (χ0v) is 17.8. The van der Waals surface area contributed by atoms with Crippen molar-refractivity contribution in [2.24, 2.45) is 5.92 Å². The van der Waals surface area contributed by atoms with Crippen molar-refractivity contribution in [3.05, 3.63) is 70.3 Å². The molecule has 1 unspecified atom stereocenters. The van der Waals surface area contributed by atoms with Crippen molar-refractivity contribution in [1.29, 1.82) is 0 Å². The van der Waals surface area contributed by atoms with Crippen LogP contribution in [0.4, 0.5) is 10.1 Å². The summed E-state index contributed by atoms with van der Waals surface area (Å²) < 4.78 is 23.7. The minimum Gasteiger partial charge on any atom is -0.451 e. The zero-order chi connectivity index (χ0) is 22.1.